The second-order valence-corrected chi connectivity index (χ2v) is 8.02. The molecule has 1 aliphatic rings. The predicted octanol–water partition coefficient (Wildman–Crippen LogP) is 5.23. The van der Waals surface area contributed by atoms with Crippen molar-refractivity contribution in [3.8, 4) is 16.9 Å². The van der Waals surface area contributed by atoms with E-state index in [9.17, 15) is 13.6 Å². The van der Waals surface area contributed by atoms with Crippen LogP contribution >= 0.6 is 0 Å². The maximum Gasteiger partial charge on any atom is 0.337 e. The van der Waals surface area contributed by atoms with Gasteiger partial charge in [-0.3, -0.25) is 0 Å². The highest BCUT2D eigenvalue weighted by Gasteiger charge is 2.22. The lowest BCUT2D eigenvalue weighted by molar-refractivity contribution is 0.0600. The van der Waals surface area contributed by atoms with E-state index in [2.05, 4.69) is 19.9 Å². The van der Waals surface area contributed by atoms with Gasteiger partial charge in [-0.15, -0.1) is 0 Å². The number of benzene rings is 1. The van der Waals surface area contributed by atoms with Gasteiger partial charge in [0, 0.05) is 24.0 Å². The molecule has 0 radical (unpaired) electrons. The van der Waals surface area contributed by atoms with Gasteiger partial charge in [0.25, 0.3) is 6.43 Å². The third-order valence-corrected chi connectivity index (χ3v) is 5.62. The summed E-state index contributed by atoms with van der Waals surface area (Å²) < 4.78 is 34.5. The molecule has 3 heterocycles. The number of methoxy groups -OCH3 is 1. The largest absolute Gasteiger partial charge is 0.465 e. The maximum atomic E-state index is 13.6. The SMILES string of the molecule is C1CCCCC1.COC(=O)c1ccc(-n2cc(-c3cc4nc(N)ccn4n3)c(C(F)F)n2)cc1. The Morgan fingerprint density at radius 1 is 1.03 bits per heavy atom. The number of esters is 1. The summed E-state index contributed by atoms with van der Waals surface area (Å²) in [6, 6.07) is 9.35. The average Bonchev–Trinajstić information content (AvgIpc) is 3.49. The van der Waals surface area contributed by atoms with Gasteiger partial charge in [0.2, 0.25) is 0 Å². The Hall–Kier alpha value is -3.82. The molecule has 0 atom stereocenters. The van der Waals surface area contributed by atoms with Gasteiger partial charge in [-0.2, -0.15) is 10.2 Å². The van der Waals surface area contributed by atoms with Crippen LogP contribution < -0.4 is 5.73 Å². The quantitative estimate of drug-likeness (QED) is 0.412. The van der Waals surface area contributed by atoms with Gasteiger partial charge in [-0.05, 0) is 30.3 Å². The molecule has 8 nitrogen and oxygen atoms in total. The highest BCUT2D eigenvalue weighted by Crippen LogP contribution is 2.31. The number of nitrogens with two attached hydrogens (primary N) is 1. The first-order valence-corrected chi connectivity index (χ1v) is 11.1. The van der Waals surface area contributed by atoms with E-state index < -0.39 is 18.1 Å². The lowest BCUT2D eigenvalue weighted by Gasteiger charge is -2.05. The molecule has 3 aromatic heterocycles. The van der Waals surface area contributed by atoms with Gasteiger partial charge in [0.05, 0.1) is 24.1 Å². The van der Waals surface area contributed by atoms with Crippen LogP contribution in [0.4, 0.5) is 14.6 Å². The van der Waals surface area contributed by atoms with Crippen molar-refractivity contribution in [1.29, 1.82) is 0 Å². The molecule has 0 amide bonds. The molecule has 1 aromatic carbocycles. The first kappa shape index (κ1) is 23.3. The number of anilines is 1. The highest BCUT2D eigenvalue weighted by molar-refractivity contribution is 5.89. The Balaban J connectivity index is 0.000000398. The summed E-state index contributed by atoms with van der Waals surface area (Å²) in [6.07, 6.45) is 9.26. The van der Waals surface area contributed by atoms with E-state index in [-0.39, 0.29) is 5.56 Å². The van der Waals surface area contributed by atoms with Crippen LogP contribution in [0.3, 0.4) is 0 Å². The number of halogens is 2. The van der Waals surface area contributed by atoms with Crippen LogP contribution in [0.15, 0.2) is 48.8 Å². The van der Waals surface area contributed by atoms with Crippen LogP contribution in [-0.4, -0.2) is 37.5 Å². The van der Waals surface area contributed by atoms with E-state index >= 15 is 0 Å². The summed E-state index contributed by atoms with van der Waals surface area (Å²) in [5, 5.41) is 8.27. The van der Waals surface area contributed by atoms with Crippen molar-refractivity contribution < 1.29 is 18.3 Å². The molecule has 10 heteroatoms. The second-order valence-electron chi connectivity index (χ2n) is 8.02. The molecule has 0 saturated heterocycles. The van der Waals surface area contributed by atoms with Crippen LogP contribution in [0.5, 0.6) is 0 Å². The normalized spacial score (nSPS) is 13.5. The average molecular weight is 469 g/mol. The zero-order chi connectivity index (χ0) is 24.1. The number of rotatable bonds is 4. The molecule has 2 N–H and O–H groups in total. The van der Waals surface area contributed by atoms with E-state index in [1.54, 1.807) is 30.5 Å². The lowest BCUT2D eigenvalue weighted by atomic mass is 10.0. The van der Waals surface area contributed by atoms with Gasteiger partial charge < -0.3 is 10.5 Å². The minimum absolute atomic E-state index is 0.177. The van der Waals surface area contributed by atoms with Crippen LogP contribution in [0.2, 0.25) is 0 Å². The monoisotopic (exact) mass is 468 g/mol. The molecule has 178 valence electrons. The van der Waals surface area contributed by atoms with Gasteiger partial charge >= 0.3 is 5.97 Å². The fourth-order valence-electron chi connectivity index (χ4n) is 3.83. The van der Waals surface area contributed by atoms with Crippen LogP contribution in [0.1, 0.15) is 61.0 Å². The molecule has 4 aromatic rings. The van der Waals surface area contributed by atoms with E-state index in [0.29, 0.717) is 28.4 Å². The van der Waals surface area contributed by atoms with Crippen molar-refractivity contribution in [2.45, 2.75) is 45.0 Å². The van der Waals surface area contributed by atoms with Gasteiger partial charge in [-0.25, -0.2) is 27.8 Å². The first-order chi connectivity index (χ1) is 16.5. The van der Waals surface area contributed by atoms with Crippen LogP contribution in [0.25, 0.3) is 22.6 Å². The standard InChI is InChI=1S/C18H14F2N6O2.C6H12/c1-28-18(27)10-2-4-11(5-3-10)26-9-12(16(24-26)17(19)20)13-8-15-22-14(21)6-7-25(15)23-13;1-2-4-6-5-3-1/h2-9,17H,1H3,(H2,21,22);1-6H2. The lowest BCUT2D eigenvalue weighted by Crippen LogP contribution is -2.02. The maximum absolute atomic E-state index is 13.6. The zero-order valence-corrected chi connectivity index (χ0v) is 18.8. The fraction of sp³-hybridized carbons (Fsp3) is 0.333. The fourth-order valence-corrected chi connectivity index (χ4v) is 3.83. The number of hydrogen-bond donors (Lipinski definition) is 1. The third kappa shape index (κ3) is 5.22. The van der Waals surface area contributed by atoms with Crippen molar-refractivity contribution >= 4 is 17.4 Å². The number of alkyl halides is 2. The second kappa shape index (κ2) is 10.4. The number of aromatic nitrogens is 5. The number of carbonyl (C=O) groups is 1. The molecule has 0 aliphatic heterocycles. The number of ether oxygens (including phenoxy) is 1. The summed E-state index contributed by atoms with van der Waals surface area (Å²) in [5.74, 6) is -0.188. The number of nitrogens with zero attached hydrogens (tertiary/aromatic N) is 5. The topological polar surface area (TPSA) is 100 Å². The van der Waals surface area contributed by atoms with E-state index in [0.717, 1.165) is 0 Å². The molecule has 34 heavy (non-hydrogen) atoms. The Kier molecular flexibility index (Phi) is 7.15. The van der Waals surface area contributed by atoms with Gasteiger partial charge in [-0.1, -0.05) is 38.5 Å². The number of hydrogen-bond acceptors (Lipinski definition) is 6. The van der Waals surface area contributed by atoms with Crippen molar-refractivity contribution in [2.24, 2.45) is 0 Å². The van der Waals surface area contributed by atoms with Crippen molar-refractivity contribution in [2.75, 3.05) is 12.8 Å². The minimum atomic E-state index is -2.80. The predicted molar refractivity (Wildman–Crippen MR) is 124 cm³/mol. The molecule has 1 fully saturated rings. The molecule has 1 saturated carbocycles. The Morgan fingerprint density at radius 3 is 2.26 bits per heavy atom. The molecule has 0 spiro atoms. The molecule has 1 aliphatic carbocycles. The summed E-state index contributed by atoms with van der Waals surface area (Å²) in [4.78, 5) is 15.6. The Morgan fingerprint density at radius 2 is 1.68 bits per heavy atom. The number of fused-ring (bicyclic) bond motifs is 1. The Bertz CT molecular complexity index is 1250. The molecule has 5 rings (SSSR count). The van der Waals surface area contributed by atoms with E-state index in [4.69, 9.17) is 5.73 Å². The van der Waals surface area contributed by atoms with E-state index in [1.165, 1.54) is 73.2 Å². The van der Waals surface area contributed by atoms with Crippen molar-refractivity contribution in [3.63, 3.8) is 0 Å². The number of nitrogen functional groups attached to an aromatic ring is 1. The molecule has 0 bridgehead atoms. The summed E-state index contributed by atoms with van der Waals surface area (Å²) in [5.41, 5.74) is 7.00. The van der Waals surface area contributed by atoms with Gasteiger partial charge in [0.15, 0.2) is 5.65 Å². The summed E-state index contributed by atoms with van der Waals surface area (Å²) in [7, 11) is 1.28. The van der Waals surface area contributed by atoms with Crippen molar-refractivity contribution in [3.05, 3.63) is 60.0 Å². The van der Waals surface area contributed by atoms with Crippen LogP contribution in [-0.2, 0) is 4.74 Å². The Labute approximate surface area is 195 Å². The zero-order valence-electron chi connectivity index (χ0n) is 18.8. The van der Waals surface area contributed by atoms with E-state index in [1.807, 2.05) is 0 Å². The highest BCUT2D eigenvalue weighted by atomic mass is 19.3. The minimum Gasteiger partial charge on any atom is -0.465 e. The smallest absolute Gasteiger partial charge is 0.337 e. The molecular weight excluding hydrogens is 442 g/mol. The summed E-state index contributed by atoms with van der Waals surface area (Å²) >= 11 is 0. The van der Waals surface area contributed by atoms with Crippen LogP contribution in [0, 0.1) is 0 Å². The summed E-state index contributed by atoms with van der Waals surface area (Å²) in [6.45, 7) is 0. The first-order valence-electron chi connectivity index (χ1n) is 11.1. The number of carbonyl (C=O) groups excluding carboxylic acids is 1. The molecule has 0 unspecified atom stereocenters. The third-order valence-electron chi connectivity index (χ3n) is 5.62. The van der Waals surface area contributed by atoms with Crippen molar-refractivity contribution in [1.82, 2.24) is 24.4 Å². The molecular formula is C24H26F2N6O2. The van der Waals surface area contributed by atoms with Gasteiger partial charge in [0.1, 0.15) is 11.5 Å².